The molecule has 0 spiro atoms. The van der Waals surface area contributed by atoms with Crippen molar-refractivity contribution in [2.45, 2.75) is 13.0 Å². The van der Waals surface area contributed by atoms with E-state index in [1.165, 1.54) is 19.2 Å². The predicted molar refractivity (Wildman–Crippen MR) is 85.9 cm³/mol. The summed E-state index contributed by atoms with van der Waals surface area (Å²) in [7, 11) is 1.31. The molecule has 0 aliphatic heterocycles. The van der Waals surface area contributed by atoms with Crippen molar-refractivity contribution in [2.24, 2.45) is 0 Å². The van der Waals surface area contributed by atoms with E-state index in [4.69, 9.17) is 0 Å². The molecule has 0 heterocycles. The summed E-state index contributed by atoms with van der Waals surface area (Å²) in [5.41, 5.74) is 1.21. The summed E-state index contributed by atoms with van der Waals surface area (Å²) in [5, 5.41) is 5.50. The number of anilines is 2. The fourth-order valence-corrected chi connectivity index (χ4v) is 1.94. The zero-order valence-electron chi connectivity index (χ0n) is 12.8. The fraction of sp³-hybridized carbons (Fsp3) is 0.176. The number of halogens is 1. The van der Waals surface area contributed by atoms with Gasteiger partial charge in [0.1, 0.15) is 11.9 Å². The molecule has 2 rings (SSSR count). The van der Waals surface area contributed by atoms with E-state index >= 15 is 0 Å². The first kappa shape index (κ1) is 16.5. The van der Waals surface area contributed by atoms with E-state index < -0.39 is 17.8 Å². The number of hydrogen-bond acceptors (Lipinski definition) is 4. The Morgan fingerprint density at radius 1 is 1.09 bits per heavy atom. The summed E-state index contributed by atoms with van der Waals surface area (Å²) >= 11 is 0. The van der Waals surface area contributed by atoms with Gasteiger partial charge in [-0.15, -0.1) is 0 Å². The van der Waals surface area contributed by atoms with Crippen LogP contribution in [0.5, 0.6) is 0 Å². The van der Waals surface area contributed by atoms with Gasteiger partial charge in [-0.2, -0.15) is 0 Å². The lowest BCUT2D eigenvalue weighted by atomic mass is 10.2. The Balaban J connectivity index is 1.98. The van der Waals surface area contributed by atoms with Crippen LogP contribution >= 0.6 is 0 Å². The van der Waals surface area contributed by atoms with Crippen molar-refractivity contribution in [3.63, 3.8) is 0 Å². The van der Waals surface area contributed by atoms with Crippen LogP contribution in [-0.2, 0) is 9.53 Å². The Hall–Kier alpha value is -2.89. The van der Waals surface area contributed by atoms with Gasteiger partial charge in [0.25, 0.3) is 0 Å². The molecule has 1 amide bonds. The van der Waals surface area contributed by atoms with Crippen LogP contribution in [0.25, 0.3) is 0 Å². The Morgan fingerprint density at radius 2 is 1.74 bits per heavy atom. The fourth-order valence-electron chi connectivity index (χ4n) is 1.94. The molecule has 0 bridgehead atoms. The minimum atomic E-state index is -0.585. The highest BCUT2D eigenvalue weighted by atomic mass is 19.1. The van der Waals surface area contributed by atoms with Crippen molar-refractivity contribution in [1.82, 2.24) is 0 Å². The van der Waals surface area contributed by atoms with Gasteiger partial charge in [0.2, 0.25) is 5.91 Å². The number of rotatable bonds is 5. The third kappa shape index (κ3) is 4.29. The van der Waals surface area contributed by atoms with E-state index in [0.717, 1.165) is 0 Å². The quantitative estimate of drug-likeness (QED) is 0.832. The van der Waals surface area contributed by atoms with Crippen LogP contribution in [0.15, 0.2) is 48.5 Å². The Labute approximate surface area is 133 Å². The zero-order chi connectivity index (χ0) is 16.8. The summed E-state index contributed by atoms with van der Waals surface area (Å²) < 4.78 is 18.1. The molecular weight excluding hydrogens is 299 g/mol. The van der Waals surface area contributed by atoms with Gasteiger partial charge < -0.3 is 15.4 Å². The van der Waals surface area contributed by atoms with Gasteiger partial charge in [0, 0.05) is 5.69 Å². The van der Waals surface area contributed by atoms with Gasteiger partial charge in [-0.3, -0.25) is 4.79 Å². The lowest BCUT2D eigenvalue weighted by Gasteiger charge is -2.15. The average molecular weight is 316 g/mol. The molecule has 5 nitrogen and oxygen atoms in total. The molecular formula is C17H17FN2O3. The second kappa shape index (κ2) is 7.40. The van der Waals surface area contributed by atoms with Crippen LogP contribution < -0.4 is 10.6 Å². The number of benzene rings is 2. The standard InChI is InChI=1S/C17H17FN2O3/c1-11(16(21)20-15-6-4-3-5-14(15)18)19-13-9-7-12(8-10-13)17(22)23-2/h3-11,19H,1-2H3,(H,20,21)/t11-/m1/s1. The van der Waals surface area contributed by atoms with Crippen molar-refractivity contribution in [2.75, 3.05) is 17.7 Å². The summed E-state index contributed by atoms with van der Waals surface area (Å²) in [6.07, 6.45) is 0. The average Bonchev–Trinajstić information content (AvgIpc) is 2.56. The maximum absolute atomic E-state index is 13.5. The number of esters is 1. The van der Waals surface area contributed by atoms with Gasteiger partial charge in [0.15, 0.2) is 0 Å². The van der Waals surface area contributed by atoms with E-state index in [9.17, 15) is 14.0 Å². The summed E-state index contributed by atoms with van der Waals surface area (Å²) in [6, 6.07) is 11.9. The van der Waals surface area contributed by atoms with Gasteiger partial charge >= 0.3 is 5.97 Å². The van der Waals surface area contributed by atoms with E-state index in [2.05, 4.69) is 15.4 Å². The Kier molecular flexibility index (Phi) is 5.30. The highest BCUT2D eigenvalue weighted by molar-refractivity contribution is 5.96. The molecule has 0 aliphatic rings. The van der Waals surface area contributed by atoms with Crippen molar-refractivity contribution in [3.05, 3.63) is 59.9 Å². The molecule has 0 saturated heterocycles. The summed E-state index contributed by atoms with van der Waals surface area (Å²) in [4.78, 5) is 23.4. The van der Waals surface area contributed by atoms with Crippen LogP contribution in [0.4, 0.5) is 15.8 Å². The number of ether oxygens (including phenoxy) is 1. The molecule has 0 unspecified atom stereocenters. The Morgan fingerprint density at radius 3 is 2.35 bits per heavy atom. The van der Waals surface area contributed by atoms with Crippen molar-refractivity contribution in [3.8, 4) is 0 Å². The molecule has 0 saturated carbocycles. The number of carbonyl (C=O) groups excluding carboxylic acids is 2. The highest BCUT2D eigenvalue weighted by Crippen LogP contribution is 2.15. The van der Waals surface area contributed by atoms with Gasteiger partial charge in [-0.25, -0.2) is 9.18 Å². The van der Waals surface area contributed by atoms with Crippen LogP contribution in [0.2, 0.25) is 0 Å². The molecule has 1 atom stereocenters. The normalized spacial score (nSPS) is 11.4. The highest BCUT2D eigenvalue weighted by Gasteiger charge is 2.14. The lowest BCUT2D eigenvalue weighted by Crippen LogP contribution is -2.32. The van der Waals surface area contributed by atoms with Gasteiger partial charge in [-0.05, 0) is 43.3 Å². The van der Waals surface area contributed by atoms with Crippen LogP contribution in [-0.4, -0.2) is 25.0 Å². The molecule has 2 aromatic rings. The lowest BCUT2D eigenvalue weighted by molar-refractivity contribution is -0.116. The number of nitrogens with one attached hydrogen (secondary N) is 2. The maximum Gasteiger partial charge on any atom is 0.337 e. The number of hydrogen-bond donors (Lipinski definition) is 2. The third-order valence-corrected chi connectivity index (χ3v) is 3.21. The van der Waals surface area contributed by atoms with E-state index in [-0.39, 0.29) is 11.6 Å². The molecule has 0 aromatic heterocycles. The summed E-state index contributed by atoms with van der Waals surface area (Å²) in [6.45, 7) is 1.66. The molecule has 2 N–H and O–H groups in total. The molecule has 0 aliphatic carbocycles. The first-order chi connectivity index (χ1) is 11.0. The second-order valence-electron chi connectivity index (χ2n) is 4.90. The maximum atomic E-state index is 13.5. The van der Waals surface area contributed by atoms with Crippen LogP contribution in [0.3, 0.4) is 0 Å². The topological polar surface area (TPSA) is 67.4 Å². The van der Waals surface area contributed by atoms with Gasteiger partial charge in [-0.1, -0.05) is 12.1 Å². The van der Waals surface area contributed by atoms with Crippen molar-refractivity contribution in [1.29, 1.82) is 0 Å². The van der Waals surface area contributed by atoms with Crippen LogP contribution in [0.1, 0.15) is 17.3 Å². The molecule has 0 fully saturated rings. The number of carbonyl (C=O) groups is 2. The van der Waals surface area contributed by atoms with Gasteiger partial charge in [0.05, 0.1) is 18.4 Å². The number of para-hydroxylation sites is 1. The van der Waals surface area contributed by atoms with Crippen LogP contribution in [0, 0.1) is 5.82 Å². The second-order valence-corrected chi connectivity index (χ2v) is 4.90. The molecule has 2 aromatic carbocycles. The summed E-state index contributed by atoms with van der Waals surface area (Å²) in [5.74, 6) is -1.29. The van der Waals surface area contributed by atoms with Crippen molar-refractivity contribution < 1.29 is 18.7 Å². The van der Waals surface area contributed by atoms with Crippen molar-refractivity contribution >= 4 is 23.3 Å². The number of amides is 1. The molecule has 0 radical (unpaired) electrons. The molecule has 120 valence electrons. The Bertz CT molecular complexity index is 701. The SMILES string of the molecule is COC(=O)c1ccc(N[C@H](C)C(=O)Nc2ccccc2F)cc1. The molecule has 23 heavy (non-hydrogen) atoms. The minimum absolute atomic E-state index is 0.132. The zero-order valence-corrected chi connectivity index (χ0v) is 12.8. The first-order valence-corrected chi connectivity index (χ1v) is 7.01. The first-order valence-electron chi connectivity index (χ1n) is 7.01. The van der Waals surface area contributed by atoms with E-state index in [0.29, 0.717) is 11.3 Å². The minimum Gasteiger partial charge on any atom is -0.465 e. The molecule has 6 heteroatoms. The predicted octanol–water partition coefficient (Wildman–Crippen LogP) is 3.05. The smallest absolute Gasteiger partial charge is 0.337 e. The third-order valence-electron chi connectivity index (χ3n) is 3.21. The van der Waals surface area contributed by atoms with E-state index in [1.807, 2.05) is 0 Å². The van der Waals surface area contributed by atoms with E-state index in [1.54, 1.807) is 43.3 Å². The monoisotopic (exact) mass is 316 g/mol. The number of methoxy groups -OCH3 is 1. The largest absolute Gasteiger partial charge is 0.465 e.